The minimum Gasteiger partial charge on any atom is -0.491 e. The normalized spacial score (nSPS) is 21.5. The van der Waals surface area contributed by atoms with Gasteiger partial charge >= 0.3 is 6.03 Å². The maximum atomic E-state index is 13.8. The standard InChI is InChI=1S/C24H30F2N4O4/c1-14-11-27-15(2)13-34-21-8-6-17(10-18(21)23(31)30(3)12-22(14)33-4)28-24(32)29-20-9-16(25)5-7-19(20)26/h5-10,14-15,22,27H,11-13H2,1-4H3,(H2,28,29,32)/t14-,15+,22-/m1/s1. The van der Waals surface area contributed by atoms with Gasteiger partial charge in [-0.1, -0.05) is 6.92 Å². The number of amides is 3. The van der Waals surface area contributed by atoms with Gasteiger partial charge in [0.05, 0.1) is 17.4 Å². The van der Waals surface area contributed by atoms with Gasteiger partial charge in [-0.2, -0.15) is 0 Å². The van der Waals surface area contributed by atoms with Gasteiger partial charge in [-0.05, 0) is 43.2 Å². The highest BCUT2D eigenvalue weighted by atomic mass is 19.1. The van der Waals surface area contributed by atoms with Crippen LogP contribution < -0.4 is 20.7 Å². The summed E-state index contributed by atoms with van der Waals surface area (Å²) in [5.74, 6) is -1.24. The van der Waals surface area contributed by atoms with Crippen molar-refractivity contribution < 1.29 is 27.8 Å². The Morgan fingerprint density at radius 3 is 2.68 bits per heavy atom. The molecule has 2 aromatic rings. The van der Waals surface area contributed by atoms with Crippen molar-refractivity contribution in [3.63, 3.8) is 0 Å². The number of carbonyl (C=O) groups excluding carboxylic acids is 2. The SMILES string of the molecule is CO[C@@H]1CN(C)C(=O)c2cc(NC(=O)Nc3cc(F)ccc3F)ccc2OC[C@H](C)NC[C@H]1C. The number of benzene rings is 2. The van der Waals surface area contributed by atoms with Gasteiger partial charge in [0.25, 0.3) is 5.91 Å². The smallest absolute Gasteiger partial charge is 0.323 e. The molecule has 184 valence electrons. The molecule has 34 heavy (non-hydrogen) atoms. The van der Waals surface area contributed by atoms with Crippen LogP contribution in [0.5, 0.6) is 5.75 Å². The molecule has 1 heterocycles. The van der Waals surface area contributed by atoms with Crippen molar-refractivity contribution in [2.24, 2.45) is 5.92 Å². The van der Waals surface area contributed by atoms with Crippen LogP contribution in [0.3, 0.4) is 0 Å². The summed E-state index contributed by atoms with van der Waals surface area (Å²) in [4.78, 5) is 27.2. The summed E-state index contributed by atoms with van der Waals surface area (Å²) in [5, 5.41) is 8.21. The van der Waals surface area contributed by atoms with Crippen LogP contribution >= 0.6 is 0 Å². The van der Waals surface area contributed by atoms with Crippen molar-refractivity contribution in [2.45, 2.75) is 26.0 Å². The second-order valence-electron chi connectivity index (χ2n) is 8.47. The molecule has 10 heteroatoms. The molecular weight excluding hydrogens is 446 g/mol. The van der Waals surface area contributed by atoms with Crippen molar-refractivity contribution in [3.05, 3.63) is 53.6 Å². The van der Waals surface area contributed by atoms with Crippen LogP contribution in [0.2, 0.25) is 0 Å². The number of nitrogens with one attached hydrogen (secondary N) is 3. The Hall–Kier alpha value is -3.24. The van der Waals surface area contributed by atoms with E-state index in [1.54, 1.807) is 31.2 Å². The first-order valence-corrected chi connectivity index (χ1v) is 11.0. The van der Waals surface area contributed by atoms with Crippen LogP contribution in [0.1, 0.15) is 24.2 Å². The highest BCUT2D eigenvalue weighted by Gasteiger charge is 2.25. The highest BCUT2D eigenvalue weighted by Crippen LogP contribution is 2.26. The van der Waals surface area contributed by atoms with Gasteiger partial charge in [-0.25, -0.2) is 13.6 Å². The zero-order chi connectivity index (χ0) is 24.8. The van der Waals surface area contributed by atoms with E-state index in [2.05, 4.69) is 22.9 Å². The predicted octanol–water partition coefficient (Wildman–Crippen LogP) is 3.70. The van der Waals surface area contributed by atoms with Crippen molar-refractivity contribution >= 4 is 23.3 Å². The number of methoxy groups -OCH3 is 1. The summed E-state index contributed by atoms with van der Waals surface area (Å²) in [6.45, 7) is 5.44. The quantitative estimate of drug-likeness (QED) is 0.628. The van der Waals surface area contributed by atoms with E-state index < -0.39 is 17.7 Å². The Morgan fingerprint density at radius 1 is 1.18 bits per heavy atom. The molecule has 0 radical (unpaired) electrons. The predicted molar refractivity (Wildman–Crippen MR) is 125 cm³/mol. The van der Waals surface area contributed by atoms with Crippen molar-refractivity contribution in [2.75, 3.05) is 44.5 Å². The first kappa shape index (κ1) is 25.4. The molecule has 3 rings (SSSR count). The highest BCUT2D eigenvalue weighted by molar-refractivity contribution is 6.02. The number of hydrogen-bond acceptors (Lipinski definition) is 5. The molecule has 1 aliphatic rings. The zero-order valence-corrected chi connectivity index (χ0v) is 19.7. The van der Waals surface area contributed by atoms with Gasteiger partial charge in [-0.15, -0.1) is 0 Å². The number of nitrogens with zero attached hydrogens (tertiary/aromatic N) is 1. The number of rotatable bonds is 3. The topological polar surface area (TPSA) is 91.9 Å². The summed E-state index contributed by atoms with van der Waals surface area (Å²) < 4.78 is 38.7. The maximum absolute atomic E-state index is 13.8. The molecule has 0 aromatic heterocycles. The van der Waals surface area contributed by atoms with E-state index in [4.69, 9.17) is 9.47 Å². The average Bonchev–Trinajstić information content (AvgIpc) is 2.81. The molecule has 0 aliphatic carbocycles. The molecular formula is C24H30F2N4O4. The van der Waals surface area contributed by atoms with Crippen LogP contribution in [0.25, 0.3) is 0 Å². The number of likely N-dealkylation sites (N-methyl/N-ethyl adjacent to an activating group) is 1. The van der Waals surface area contributed by atoms with Gasteiger partial charge in [0.1, 0.15) is 24.0 Å². The number of anilines is 2. The Morgan fingerprint density at radius 2 is 1.94 bits per heavy atom. The third-order valence-corrected chi connectivity index (χ3v) is 5.66. The van der Waals surface area contributed by atoms with Crippen LogP contribution in [0.4, 0.5) is 25.0 Å². The van der Waals surface area contributed by atoms with E-state index >= 15 is 0 Å². The van der Waals surface area contributed by atoms with Gasteiger partial charge in [0.15, 0.2) is 0 Å². The Kier molecular flexibility index (Phi) is 8.41. The third kappa shape index (κ3) is 6.42. The molecule has 0 bridgehead atoms. The minimum absolute atomic E-state index is 0.0322. The third-order valence-electron chi connectivity index (χ3n) is 5.66. The lowest BCUT2D eigenvalue weighted by atomic mass is 10.0. The van der Waals surface area contributed by atoms with Gasteiger partial charge in [0, 0.05) is 45.0 Å². The van der Waals surface area contributed by atoms with Gasteiger partial charge in [-0.3, -0.25) is 4.79 Å². The summed E-state index contributed by atoms with van der Waals surface area (Å²) in [7, 11) is 3.29. The number of carbonyl (C=O) groups is 2. The minimum atomic E-state index is -0.787. The van der Waals surface area contributed by atoms with Crippen LogP contribution in [0, 0.1) is 17.6 Å². The molecule has 1 aliphatic heterocycles. The fourth-order valence-corrected chi connectivity index (χ4v) is 3.62. The molecule has 0 fully saturated rings. The lowest BCUT2D eigenvalue weighted by molar-refractivity contribution is 0.0281. The van der Waals surface area contributed by atoms with E-state index in [-0.39, 0.29) is 40.9 Å². The van der Waals surface area contributed by atoms with Gasteiger partial charge < -0.3 is 30.3 Å². The fourth-order valence-electron chi connectivity index (χ4n) is 3.62. The number of fused-ring (bicyclic) bond motifs is 1. The summed E-state index contributed by atoms with van der Waals surface area (Å²) in [6, 6.07) is 6.65. The molecule has 3 atom stereocenters. The fraction of sp³-hybridized carbons (Fsp3) is 0.417. The monoisotopic (exact) mass is 476 g/mol. The van der Waals surface area contributed by atoms with Crippen LogP contribution in [-0.4, -0.2) is 62.8 Å². The second-order valence-corrected chi connectivity index (χ2v) is 8.47. The molecule has 3 N–H and O–H groups in total. The summed E-state index contributed by atoms with van der Waals surface area (Å²) in [6.07, 6.45) is -0.175. The van der Waals surface area contributed by atoms with Crippen molar-refractivity contribution in [3.8, 4) is 5.75 Å². The Labute approximate surface area is 197 Å². The zero-order valence-electron chi connectivity index (χ0n) is 19.7. The second kappa shape index (κ2) is 11.3. The van der Waals surface area contributed by atoms with E-state index in [0.29, 0.717) is 25.4 Å². The van der Waals surface area contributed by atoms with E-state index in [9.17, 15) is 18.4 Å². The molecule has 0 saturated heterocycles. The maximum Gasteiger partial charge on any atom is 0.323 e. The van der Waals surface area contributed by atoms with Crippen molar-refractivity contribution in [1.29, 1.82) is 0 Å². The molecule has 3 amide bonds. The van der Waals surface area contributed by atoms with E-state index in [1.807, 2.05) is 6.92 Å². The van der Waals surface area contributed by atoms with Crippen molar-refractivity contribution in [1.82, 2.24) is 10.2 Å². The molecule has 8 nitrogen and oxygen atoms in total. The first-order chi connectivity index (χ1) is 16.2. The molecule has 0 saturated carbocycles. The van der Waals surface area contributed by atoms with E-state index in [0.717, 1.165) is 18.2 Å². The summed E-state index contributed by atoms with van der Waals surface area (Å²) in [5.41, 5.74) is 0.241. The number of halogens is 2. The number of ether oxygens (including phenoxy) is 2. The van der Waals surface area contributed by atoms with Crippen LogP contribution in [0.15, 0.2) is 36.4 Å². The molecule has 0 unspecified atom stereocenters. The molecule has 0 spiro atoms. The molecule has 2 aromatic carbocycles. The average molecular weight is 477 g/mol. The number of urea groups is 1. The lowest BCUT2D eigenvalue weighted by Gasteiger charge is -2.30. The Balaban J connectivity index is 1.83. The lowest BCUT2D eigenvalue weighted by Crippen LogP contribution is -2.44. The van der Waals surface area contributed by atoms with Crippen LogP contribution in [-0.2, 0) is 4.74 Å². The largest absolute Gasteiger partial charge is 0.491 e. The first-order valence-electron chi connectivity index (χ1n) is 11.0. The van der Waals surface area contributed by atoms with Gasteiger partial charge in [0.2, 0.25) is 0 Å². The van der Waals surface area contributed by atoms with E-state index in [1.165, 1.54) is 6.07 Å². The Bertz CT molecular complexity index is 1040. The number of hydrogen-bond donors (Lipinski definition) is 3. The summed E-state index contributed by atoms with van der Waals surface area (Å²) >= 11 is 0.